The SMILES string of the molecule is CCOC(=O)c1cnc2n(c1=O)C(C)CCC2=C1SCCS1. The molecule has 0 bridgehead atoms. The Morgan fingerprint density at radius 3 is 2.86 bits per heavy atom. The fourth-order valence-corrected chi connectivity index (χ4v) is 5.33. The van der Waals surface area contributed by atoms with Crippen LogP contribution in [0.3, 0.4) is 0 Å². The van der Waals surface area contributed by atoms with Gasteiger partial charge in [-0.05, 0) is 26.7 Å². The fraction of sp³-hybridized carbons (Fsp3) is 0.533. The first-order valence-electron chi connectivity index (χ1n) is 7.41. The molecule has 22 heavy (non-hydrogen) atoms. The van der Waals surface area contributed by atoms with Crippen molar-refractivity contribution in [3.05, 3.63) is 32.2 Å². The maximum absolute atomic E-state index is 12.7. The lowest BCUT2D eigenvalue weighted by Gasteiger charge is -2.27. The first-order chi connectivity index (χ1) is 10.6. The average Bonchev–Trinajstić information content (AvgIpc) is 3.02. The number of allylic oxidation sites excluding steroid dienone is 1. The normalized spacial score (nSPS) is 20.9. The third-order valence-electron chi connectivity index (χ3n) is 3.81. The van der Waals surface area contributed by atoms with Crippen LogP contribution in [0.25, 0.3) is 5.57 Å². The van der Waals surface area contributed by atoms with E-state index < -0.39 is 5.97 Å². The summed E-state index contributed by atoms with van der Waals surface area (Å²) in [6.07, 6.45) is 3.19. The van der Waals surface area contributed by atoms with E-state index >= 15 is 0 Å². The van der Waals surface area contributed by atoms with Gasteiger partial charge in [0.2, 0.25) is 0 Å². The zero-order chi connectivity index (χ0) is 15.7. The summed E-state index contributed by atoms with van der Waals surface area (Å²) in [4.78, 5) is 29.0. The second kappa shape index (κ2) is 6.50. The fourth-order valence-electron chi connectivity index (χ4n) is 2.72. The molecule has 118 valence electrons. The third-order valence-corrected chi connectivity index (χ3v) is 6.61. The van der Waals surface area contributed by atoms with E-state index in [4.69, 9.17) is 4.74 Å². The smallest absolute Gasteiger partial charge is 0.345 e. The molecule has 1 aromatic rings. The number of carbonyl (C=O) groups is 1. The Kier molecular flexibility index (Phi) is 4.63. The quantitative estimate of drug-likeness (QED) is 0.773. The van der Waals surface area contributed by atoms with E-state index in [2.05, 4.69) is 4.98 Å². The molecule has 1 fully saturated rings. The predicted octanol–water partition coefficient (Wildman–Crippen LogP) is 2.92. The maximum atomic E-state index is 12.7. The number of hydrogen-bond acceptors (Lipinski definition) is 6. The molecule has 2 aliphatic rings. The number of rotatable bonds is 2. The lowest BCUT2D eigenvalue weighted by molar-refractivity contribution is 0.0522. The molecule has 0 amide bonds. The first-order valence-corrected chi connectivity index (χ1v) is 9.38. The predicted molar refractivity (Wildman–Crippen MR) is 90.2 cm³/mol. The van der Waals surface area contributed by atoms with Gasteiger partial charge in [-0.1, -0.05) is 0 Å². The molecule has 1 saturated heterocycles. The van der Waals surface area contributed by atoms with Crippen molar-refractivity contribution < 1.29 is 9.53 Å². The van der Waals surface area contributed by atoms with Gasteiger partial charge >= 0.3 is 5.97 Å². The van der Waals surface area contributed by atoms with Crippen molar-refractivity contribution in [3.8, 4) is 0 Å². The van der Waals surface area contributed by atoms with E-state index in [0.29, 0.717) is 5.82 Å². The number of fused-ring (bicyclic) bond motifs is 1. The highest BCUT2D eigenvalue weighted by Crippen LogP contribution is 2.45. The monoisotopic (exact) mass is 338 g/mol. The highest BCUT2D eigenvalue weighted by molar-refractivity contribution is 8.25. The van der Waals surface area contributed by atoms with Gasteiger partial charge in [0, 0.05) is 33.6 Å². The van der Waals surface area contributed by atoms with Crippen molar-refractivity contribution in [1.29, 1.82) is 0 Å². The number of ether oxygens (including phenoxy) is 1. The van der Waals surface area contributed by atoms with Gasteiger partial charge in [0.1, 0.15) is 11.4 Å². The molecule has 7 heteroatoms. The first kappa shape index (κ1) is 15.7. The van der Waals surface area contributed by atoms with E-state index in [-0.39, 0.29) is 23.8 Å². The van der Waals surface area contributed by atoms with Crippen LogP contribution in [0, 0.1) is 0 Å². The van der Waals surface area contributed by atoms with Crippen molar-refractivity contribution in [2.24, 2.45) is 0 Å². The van der Waals surface area contributed by atoms with Gasteiger partial charge in [0.05, 0.1) is 6.61 Å². The minimum atomic E-state index is -0.591. The largest absolute Gasteiger partial charge is 0.462 e. The van der Waals surface area contributed by atoms with Crippen LogP contribution in [0.5, 0.6) is 0 Å². The van der Waals surface area contributed by atoms with Crippen molar-refractivity contribution in [1.82, 2.24) is 9.55 Å². The lowest BCUT2D eigenvalue weighted by Crippen LogP contribution is -2.34. The average molecular weight is 338 g/mol. The molecule has 0 aliphatic carbocycles. The van der Waals surface area contributed by atoms with E-state index in [1.807, 2.05) is 30.4 Å². The molecule has 3 rings (SSSR count). The Labute approximate surface area is 137 Å². The van der Waals surface area contributed by atoms with E-state index in [1.54, 1.807) is 11.5 Å². The van der Waals surface area contributed by atoms with Gasteiger partial charge in [-0.25, -0.2) is 9.78 Å². The van der Waals surface area contributed by atoms with Gasteiger partial charge in [-0.2, -0.15) is 0 Å². The minimum Gasteiger partial charge on any atom is -0.462 e. The van der Waals surface area contributed by atoms with Crippen LogP contribution in [-0.2, 0) is 4.74 Å². The van der Waals surface area contributed by atoms with Crippen molar-refractivity contribution in [3.63, 3.8) is 0 Å². The second-order valence-electron chi connectivity index (χ2n) is 5.24. The Hall–Kier alpha value is -1.21. The summed E-state index contributed by atoms with van der Waals surface area (Å²) in [5, 5.41) is 0. The molecule has 0 saturated carbocycles. The van der Waals surface area contributed by atoms with Crippen LogP contribution in [0.2, 0.25) is 0 Å². The van der Waals surface area contributed by atoms with Gasteiger partial charge in [0.25, 0.3) is 5.56 Å². The van der Waals surface area contributed by atoms with Gasteiger partial charge in [0.15, 0.2) is 0 Å². The molecular weight excluding hydrogens is 320 g/mol. The Bertz CT molecular complexity index is 689. The number of esters is 1. The standard InChI is InChI=1S/C15H18N2O3S2/c1-3-20-14(19)11-8-16-12-10(15-21-6-7-22-15)5-4-9(2)17(12)13(11)18/h8-9H,3-7H2,1-2H3. The zero-order valence-corrected chi connectivity index (χ0v) is 14.3. The number of aromatic nitrogens is 2. The van der Waals surface area contributed by atoms with Crippen LogP contribution in [0.1, 0.15) is 48.9 Å². The summed E-state index contributed by atoms with van der Waals surface area (Å²) in [6.45, 7) is 3.97. The molecule has 1 aromatic heterocycles. The van der Waals surface area contributed by atoms with Crippen LogP contribution in [-0.4, -0.2) is 33.6 Å². The van der Waals surface area contributed by atoms with Gasteiger partial charge < -0.3 is 4.74 Å². The number of nitrogens with zero attached hydrogens (tertiary/aromatic N) is 2. The highest BCUT2D eigenvalue weighted by atomic mass is 32.2. The molecular formula is C15H18N2O3S2. The summed E-state index contributed by atoms with van der Waals surface area (Å²) in [7, 11) is 0. The van der Waals surface area contributed by atoms with Gasteiger partial charge in [-0.15, -0.1) is 23.5 Å². The van der Waals surface area contributed by atoms with Gasteiger partial charge in [-0.3, -0.25) is 9.36 Å². The van der Waals surface area contributed by atoms with E-state index in [9.17, 15) is 9.59 Å². The maximum Gasteiger partial charge on any atom is 0.345 e. The summed E-state index contributed by atoms with van der Waals surface area (Å²) in [6, 6.07) is 0.0464. The summed E-state index contributed by atoms with van der Waals surface area (Å²) in [5.41, 5.74) is 0.885. The van der Waals surface area contributed by atoms with Crippen molar-refractivity contribution in [2.75, 3.05) is 18.1 Å². The van der Waals surface area contributed by atoms with Crippen LogP contribution in [0.15, 0.2) is 15.2 Å². The van der Waals surface area contributed by atoms with Crippen LogP contribution in [0.4, 0.5) is 0 Å². The number of hydrogen-bond donors (Lipinski definition) is 0. The molecule has 1 atom stereocenters. The molecule has 1 unspecified atom stereocenters. The molecule has 0 aromatic carbocycles. The zero-order valence-electron chi connectivity index (χ0n) is 12.6. The summed E-state index contributed by atoms with van der Waals surface area (Å²) in [5.74, 6) is 2.33. The third kappa shape index (κ3) is 2.72. The van der Waals surface area contributed by atoms with E-state index in [1.165, 1.54) is 10.4 Å². The number of thioether (sulfide) groups is 2. The Morgan fingerprint density at radius 1 is 1.45 bits per heavy atom. The van der Waals surface area contributed by atoms with Crippen molar-refractivity contribution >= 4 is 35.1 Å². The molecule has 0 N–H and O–H groups in total. The molecule has 2 aliphatic heterocycles. The second-order valence-corrected chi connectivity index (χ2v) is 7.71. The Morgan fingerprint density at radius 2 is 2.18 bits per heavy atom. The summed E-state index contributed by atoms with van der Waals surface area (Å²) < 4.78 is 7.89. The highest BCUT2D eigenvalue weighted by Gasteiger charge is 2.28. The minimum absolute atomic E-state index is 0.0235. The molecule has 0 spiro atoms. The molecule has 0 radical (unpaired) electrons. The van der Waals surface area contributed by atoms with E-state index in [0.717, 1.165) is 29.9 Å². The molecule has 5 nitrogen and oxygen atoms in total. The summed E-state index contributed by atoms with van der Waals surface area (Å²) >= 11 is 3.67. The van der Waals surface area contributed by atoms with Crippen molar-refractivity contribution in [2.45, 2.75) is 32.7 Å². The van der Waals surface area contributed by atoms with Crippen LogP contribution < -0.4 is 5.56 Å². The lowest BCUT2D eigenvalue weighted by atomic mass is 10.0. The number of carbonyl (C=O) groups excluding carboxylic acids is 1. The Balaban J connectivity index is 2.12. The molecule has 3 heterocycles. The van der Waals surface area contributed by atoms with Crippen LogP contribution >= 0.6 is 23.5 Å². The topological polar surface area (TPSA) is 61.2 Å².